The molecule has 8 nitrogen and oxygen atoms in total. The third kappa shape index (κ3) is 4.63. The molecule has 4 rings (SSSR count). The highest BCUT2D eigenvalue weighted by Crippen LogP contribution is 2.32. The number of ether oxygens (including phenoxy) is 2. The van der Waals surface area contributed by atoms with Crippen molar-refractivity contribution in [3.8, 4) is 11.5 Å². The van der Waals surface area contributed by atoms with Crippen molar-refractivity contribution in [2.75, 3.05) is 70.4 Å². The van der Waals surface area contributed by atoms with Gasteiger partial charge in [0.2, 0.25) is 6.79 Å². The molecule has 1 aromatic heterocycles. The summed E-state index contributed by atoms with van der Waals surface area (Å²) in [4.78, 5) is 15.7. The minimum Gasteiger partial charge on any atom is -0.454 e. The third-order valence-electron chi connectivity index (χ3n) is 5.06. The van der Waals surface area contributed by atoms with Crippen LogP contribution in [0.25, 0.3) is 0 Å². The number of piperazine rings is 1. The van der Waals surface area contributed by atoms with Crippen molar-refractivity contribution in [3.05, 3.63) is 36.2 Å². The highest BCUT2D eigenvalue weighted by Gasteiger charge is 2.20. The maximum absolute atomic E-state index is 5.48. The maximum Gasteiger partial charge on any atom is 0.231 e. The van der Waals surface area contributed by atoms with Crippen LogP contribution in [0.1, 0.15) is 5.56 Å². The first-order chi connectivity index (χ1) is 13.7. The zero-order chi connectivity index (χ0) is 19.3. The van der Waals surface area contributed by atoms with E-state index in [0.29, 0.717) is 6.79 Å². The van der Waals surface area contributed by atoms with Crippen LogP contribution in [0.3, 0.4) is 0 Å². The zero-order valence-corrected chi connectivity index (χ0v) is 16.6. The number of aromatic nitrogens is 2. The Morgan fingerprint density at radius 2 is 1.86 bits per heavy atom. The standard InChI is InChI=1S/C20H28N6O2/c1-24(2)6-5-21-19-12-20(23-14-22-19)26-9-7-25(8-10-26)13-16-3-4-17-18(11-16)28-15-27-17/h3-4,11-12,14H,5-10,13,15H2,1-2H3,(H,21,22,23). The van der Waals surface area contributed by atoms with Gasteiger partial charge in [-0.3, -0.25) is 4.90 Å². The molecule has 1 N–H and O–H groups in total. The second-order valence-corrected chi connectivity index (χ2v) is 7.44. The predicted octanol–water partition coefficient (Wildman–Crippen LogP) is 1.50. The van der Waals surface area contributed by atoms with Crippen LogP contribution in [0.4, 0.5) is 11.6 Å². The fourth-order valence-corrected chi connectivity index (χ4v) is 3.46. The van der Waals surface area contributed by atoms with E-state index in [1.807, 2.05) is 12.1 Å². The van der Waals surface area contributed by atoms with E-state index in [1.54, 1.807) is 6.33 Å². The molecule has 0 spiro atoms. The van der Waals surface area contributed by atoms with Gasteiger partial charge >= 0.3 is 0 Å². The molecule has 2 aliphatic rings. The third-order valence-corrected chi connectivity index (χ3v) is 5.06. The van der Waals surface area contributed by atoms with Crippen LogP contribution in [-0.2, 0) is 6.54 Å². The van der Waals surface area contributed by atoms with E-state index in [2.05, 4.69) is 56.2 Å². The summed E-state index contributed by atoms with van der Waals surface area (Å²) >= 11 is 0. The van der Waals surface area contributed by atoms with Crippen LogP contribution in [0.5, 0.6) is 11.5 Å². The van der Waals surface area contributed by atoms with Gasteiger partial charge in [0.05, 0.1) is 0 Å². The molecular weight excluding hydrogens is 356 g/mol. The monoisotopic (exact) mass is 384 g/mol. The number of hydrogen-bond donors (Lipinski definition) is 1. The summed E-state index contributed by atoms with van der Waals surface area (Å²) in [5.74, 6) is 3.57. The number of likely N-dealkylation sites (N-methyl/N-ethyl adjacent to an activating group) is 1. The molecule has 0 radical (unpaired) electrons. The van der Waals surface area contributed by atoms with E-state index in [0.717, 1.165) is 68.9 Å². The molecule has 2 aromatic rings. The number of benzene rings is 1. The Kier molecular flexibility index (Phi) is 5.78. The fraction of sp³-hybridized carbons (Fsp3) is 0.500. The number of fused-ring (bicyclic) bond motifs is 1. The van der Waals surface area contributed by atoms with Gasteiger partial charge < -0.3 is 24.6 Å². The van der Waals surface area contributed by atoms with E-state index in [1.165, 1.54) is 5.56 Å². The van der Waals surface area contributed by atoms with Gasteiger partial charge in [-0.1, -0.05) is 6.07 Å². The van der Waals surface area contributed by atoms with Crippen molar-refractivity contribution in [2.45, 2.75) is 6.54 Å². The lowest BCUT2D eigenvalue weighted by molar-refractivity contribution is 0.174. The van der Waals surface area contributed by atoms with Gasteiger partial charge in [0, 0.05) is 51.9 Å². The lowest BCUT2D eigenvalue weighted by Gasteiger charge is -2.35. The molecule has 1 fully saturated rings. The lowest BCUT2D eigenvalue weighted by Crippen LogP contribution is -2.46. The second kappa shape index (κ2) is 8.62. The number of hydrogen-bond acceptors (Lipinski definition) is 8. The molecule has 8 heteroatoms. The number of nitrogens with zero attached hydrogens (tertiary/aromatic N) is 5. The van der Waals surface area contributed by atoms with E-state index >= 15 is 0 Å². The van der Waals surface area contributed by atoms with E-state index < -0.39 is 0 Å². The largest absolute Gasteiger partial charge is 0.454 e. The summed E-state index contributed by atoms with van der Waals surface area (Å²) < 4.78 is 10.9. The van der Waals surface area contributed by atoms with E-state index in [4.69, 9.17) is 9.47 Å². The summed E-state index contributed by atoms with van der Waals surface area (Å²) in [7, 11) is 4.13. The molecule has 2 aliphatic heterocycles. The molecule has 0 unspecified atom stereocenters. The highest BCUT2D eigenvalue weighted by atomic mass is 16.7. The first-order valence-electron chi connectivity index (χ1n) is 9.74. The molecule has 0 atom stereocenters. The molecule has 0 saturated carbocycles. The zero-order valence-electron chi connectivity index (χ0n) is 16.6. The minimum atomic E-state index is 0.322. The molecule has 1 aromatic carbocycles. The van der Waals surface area contributed by atoms with E-state index in [9.17, 15) is 0 Å². The van der Waals surface area contributed by atoms with Crippen LogP contribution in [-0.4, -0.2) is 79.9 Å². The van der Waals surface area contributed by atoms with Gasteiger partial charge in [0.25, 0.3) is 0 Å². The maximum atomic E-state index is 5.48. The Hall–Kier alpha value is -2.58. The first-order valence-corrected chi connectivity index (χ1v) is 9.74. The molecule has 28 heavy (non-hydrogen) atoms. The predicted molar refractivity (Wildman–Crippen MR) is 109 cm³/mol. The smallest absolute Gasteiger partial charge is 0.231 e. The van der Waals surface area contributed by atoms with Crippen molar-refractivity contribution in [2.24, 2.45) is 0 Å². The van der Waals surface area contributed by atoms with Crippen molar-refractivity contribution in [1.29, 1.82) is 0 Å². The molecule has 150 valence electrons. The number of anilines is 2. The molecule has 0 aliphatic carbocycles. The second-order valence-electron chi connectivity index (χ2n) is 7.44. The molecule has 3 heterocycles. The highest BCUT2D eigenvalue weighted by molar-refractivity contribution is 5.49. The van der Waals surface area contributed by atoms with Crippen LogP contribution in [0.2, 0.25) is 0 Å². The van der Waals surface area contributed by atoms with Crippen molar-refractivity contribution in [1.82, 2.24) is 19.8 Å². The van der Waals surface area contributed by atoms with Crippen molar-refractivity contribution < 1.29 is 9.47 Å². The summed E-state index contributed by atoms with van der Waals surface area (Å²) in [6.07, 6.45) is 1.65. The molecule has 0 amide bonds. The Morgan fingerprint density at radius 3 is 2.68 bits per heavy atom. The average molecular weight is 384 g/mol. The Labute approximate surface area is 166 Å². The van der Waals surface area contributed by atoms with Gasteiger partial charge in [-0.15, -0.1) is 0 Å². The first kappa shape index (κ1) is 18.8. The summed E-state index contributed by atoms with van der Waals surface area (Å²) in [5, 5.41) is 3.37. The lowest BCUT2D eigenvalue weighted by atomic mass is 10.1. The molecule has 1 saturated heterocycles. The Bertz CT molecular complexity index is 792. The fourth-order valence-electron chi connectivity index (χ4n) is 3.46. The van der Waals surface area contributed by atoms with Crippen LogP contribution in [0.15, 0.2) is 30.6 Å². The van der Waals surface area contributed by atoms with Gasteiger partial charge in [-0.05, 0) is 31.8 Å². The van der Waals surface area contributed by atoms with Gasteiger partial charge in [0.1, 0.15) is 18.0 Å². The van der Waals surface area contributed by atoms with Gasteiger partial charge in [-0.2, -0.15) is 0 Å². The summed E-state index contributed by atoms with van der Waals surface area (Å²) in [6.45, 7) is 7.00. The topological polar surface area (TPSA) is 66.0 Å². The van der Waals surface area contributed by atoms with Gasteiger partial charge in [-0.25, -0.2) is 9.97 Å². The summed E-state index contributed by atoms with van der Waals surface area (Å²) in [6, 6.07) is 8.25. The SMILES string of the molecule is CN(C)CCNc1cc(N2CCN(Cc3ccc4c(c3)OCO4)CC2)ncn1. The quantitative estimate of drug-likeness (QED) is 0.771. The van der Waals surface area contributed by atoms with E-state index in [-0.39, 0.29) is 0 Å². The van der Waals surface area contributed by atoms with Gasteiger partial charge in [0.15, 0.2) is 11.5 Å². The van der Waals surface area contributed by atoms with Crippen molar-refractivity contribution >= 4 is 11.6 Å². The Morgan fingerprint density at radius 1 is 1.04 bits per heavy atom. The summed E-state index contributed by atoms with van der Waals surface area (Å²) in [5.41, 5.74) is 1.26. The minimum absolute atomic E-state index is 0.322. The Balaban J connectivity index is 1.29. The van der Waals surface area contributed by atoms with Crippen molar-refractivity contribution in [3.63, 3.8) is 0 Å². The normalized spacial score (nSPS) is 16.6. The van der Waals surface area contributed by atoms with Crippen LogP contribution >= 0.6 is 0 Å². The van der Waals surface area contributed by atoms with Crippen LogP contribution < -0.4 is 19.7 Å². The molecular formula is C20H28N6O2. The number of rotatable bonds is 7. The average Bonchev–Trinajstić information content (AvgIpc) is 3.16. The molecule has 0 bridgehead atoms. The number of nitrogens with one attached hydrogen (secondary N) is 1. The van der Waals surface area contributed by atoms with Crippen LogP contribution in [0, 0.1) is 0 Å².